The summed E-state index contributed by atoms with van der Waals surface area (Å²) in [6.07, 6.45) is 8.07. The number of ketones is 2. The molecule has 4 aromatic carbocycles. The lowest BCUT2D eigenvalue weighted by atomic mass is 10.1. The number of methoxy groups -OCH3 is 4. The number of unbranched alkanes of at least 4 members (excludes halogenated alkanes) is 1. The normalized spacial score (nSPS) is 11.0. The number of rotatable bonds is 17. The van der Waals surface area contributed by atoms with Crippen LogP contribution in [0.3, 0.4) is 0 Å². The van der Waals surface area contributed by atoms with E-state index in [1.165, 1.54) is 12.2 Å². The van der Waals surface area contributed by atoms with Crippen LogP contribution >= 0.6 is 0 Å². The van der Waals surface area contributed by atoms with Crippen molar-refractivity contribution in [2.45, 2.75) is 12.8 Å². The molecule has 0 bridgehead atoms. The van der Waals surface area contributed by atoms with Gasteiger partial charge in [-0.15, -0.1) is 0 Å². The second-order valence-electron chi connectivity index (χ2n) is 10.1. The molecule has 0 aromatic heterocycles. The number of hydrogen-bond donors (Lipinski definition) is 0. The maximum absolute atomic E-state index is 12.6. The van der Waals surface area contributed by atoms with Crippen molar-refractivity contribution >= 4 is 23.7 Å². The van der Waals surface area contributed by atoms with E-state index in [4.69, 9.17) is 28.4 Å². The molecule has 0 amide bonds. The highest BCUT2D eigenvalue weighted by atomic mass is 16.5. The minimum Gasteiger partial charge on any atom is -0.497 e. The molecule has 46 heavy (non-hydrogen) atoms. The third-order valence-electron chi connectivity index (χ3n) is 7.06. The monoisotopic (exact) mass is 622 g/mol. The summed E-state index contributed by atoms with van der Waals surface area (Å²) in [6.45, 7) is 1.04. The average molecular weight is 623 g/mol. The van der Waals surface area contributed by atoms with Gasteiger partial charge in [0.25, 0.3) is 0 Å². The van der Waals surface area contributed by atoms with Gasteiger partial charge in [0.2, 0.25) is 0 Å². The molecule has 0 saturated heterocycles. The first-order chi connectivity index (χ1) is 22.4. The zero-order chi connectivity index (χ0) is 32.7. The molecule has 0 atom stereocenters. The lowest BCUT2D eigenvalue weighted by molar-refractivity contribution is 0.103. The van der Waals surface area contributed by atoms with Gasteiger partial charge in [-0.1, -0.05) is 0 Å². The Morgan fingerprint density at radius 1 is 0.500 bits per heavy atom. The van der Waals surface area contributed by atoms with Gasteiger partial charge in [0.05, 0.1) is 41.7 Å². The third-order valence-corrected chi connectivity index (χ3v) is 7.06. The predicted octanol–water partition coefficient (Wildman–Crippen LogP) is 7.75. The average Bonchev–Trinajstić information content (AvgIpc) is 3.11. The molecule has 0 aliphatic rings. The van der Waals surface area contributed by atoms with Gasteiger partial charge in [-0.05, 0) is 110 Å². The maximum Gasteiger partial charge on any atom is 0.185 e. The van der Waals surface area contributed by atoms with Crippen LogP contribution in [0.2, 0.25) is 0 Å². The van der Waals surface area contributed by atoms with Gasteiger partial charge in [0.1, 0.15) is 34.5 Å². The van der Waals surface area contributed by atoms with Crippen LogP contribution in [-0.4, -0.2) is 53.2 Å². The largest absolute Gasteiger partial charge is 0.497 e. The molecule has 4 rings (SSSR count). The van der Waals surface area contributed by atoms with Crippen molar-refractivity contribution in [2.24, 2.45) is 0 Å². The van der Waals surface area contributed by atoms with Crippen molar-refractivity contribution in [2.75, 3.05) is 41.7 Å². The van der Waals surface area contributed by atoms with Crippen molar-refractivity contribution in [1.29, 1.82) is 0 Å². The first kappa shape index (κ1) is 33.4. The van der Waals surface area contributed by atoms with Gasteiger partial charge >= 0.3 is 0 Å². The molecule has 8 nitrogen and oxygen atoms in total. The summed E-state index contributed by atoms with van der Waals surface area (Å²) in [4.78, 5) is 25.3. The zero-order valence-corrected chi connectivity index (χ0v) is 26.5. The summed E-state index contributed by atoms with van der Waals surface area (Å²) >= 11 is 0. The molecule has 0 aliphatic heterocycles. The van der Waals surface area contributed by atoms with Gasteiger partial charge in [-0.3, -0.25) is 9.59 Å². The highest BCUT2D eigenvalue weighted by Gasteiger charge is 2.07. The van der Waals surface area contributed by atoms with E-state index in [1.807, 2.05) is 24.3 Å². The topological polar surface area (TPSA) is 89.5 Å². The summed E-state index contributed by atoms with van der Waals surface area (Å²) in [5.74, 6) is 3.75. The lowest BCUT2D eigenvalue weighted by Gasteiger charge is -2.09. The molecule has 238 valence electrons. The fourth-order valence-electron chi connectivity index (χ4n) is 4.45. The first-order valence-electron chi connectivity index (χ1n) is 14.8. The van der Waals surface area contributed by atoms with Crippen molar-refractivity contribution in [1.82, 2.24) is 0 Å². The molecule has 8 heteroatoms. The van der Waals surface area contributed by atoms with E-state index >= 15 is 0 Å². The Kier molecular flexibility index (Phi) is 12.4. The minimum absolute atomic E-state index is 0.121. The first-order valence-corrected chi connectivity index (χ1v) is 14.8. The Hall–Kier alpha value is -5.50. The molecular formula is C38H38O8. The highest BCUT2D eigenvalue weighted by Crippen LogP contribution is 2.27. The number of hydrogen-bond acceptors (Lipinski definition) is 8. The summed E-state index contributed by atoms with van der Waals surface area (Å²) in [6, 6.07) is 25.0. The third kappa shape index (κ3) is 9.50. The number of benzene rings is 4. The Bertz CT molecular complexity index is 1530. The summed E-state index contributed by atoms with van der Waals surface area (Å²) in [7, 11) is 6.33. The van der Waals surface area contributed by atoms with Crippen molar-refractivity contribution < 1.29 is 38.0 Å². The fraction of sp³-hybridized carbons (Fsp3) is 0.211. The number of allylic oxidation sites excluding steroid dienone is 2. The molecule has 0 N–H and O–H groups in total. The standard InChI is InChI=1S/C38H38O8/c1-41-33-19-11-29(37(25-33)43-3)13-21-35(39)27-7-15-31(16-8-27)45-23-5-6-24-46-32-17-9-28(10-18-32)36(40)22-14-30-12-20-34(42-2)26-38(30)44-4/h7-22,25-26H,5-6,23-24H2,1-4H3/b21-13+,22-14+. The summed E-state index contributed by atoms with van der Waals surface area (Å²) < 4.78 is 32.8. The number of carbonyl (C=O) groups excluding carboxylic acids is 2. The van der Waals surface area contributed by atoms with Crippen molar-refractivity contribution in [3.05, 3.63) is 119 Å². The molecular weight excluding hydrogens is 584 g/mol. The molecule has 0 aliphatic carbocycles. The molecule has 0 fully saturated rings. The Morgan fingerprint density at radius 3 is 1.22 bits per heavy atom. The zero-order valence-electron chi connectivity index (χ0n) is 26.5. The second-order valence-corrected chi connectivity index (χ2v) is 10.1. The van der Waals surface area contributed by atoms with Crippen LogP contribution in [-0.2, 0) is 0 Å². The summed E-state index contributed by atoms with van der Waals surface area (Å²) in [5, 5.41) is 0. The second kappa shape index (κ2) is 17.1. The van der Waals surface area contributed by atoms with E-state index in [0.29, 0.717) is 58.8 Å². The Morgan fingerprint density at radius 2 is 0.870 bits per heavy atom. The van der Waals surface area contributed by atoms with E-state index in [9.17, 15) is 9.59 Å². The SMILES string of the molecule is COc1ccc(/C=C/C(=O)c2ccc(OCCCCOc3ccc(C(=O)/C=C/c4ccc(OC)cc4OC)cc3)cc2)c(OC)c1. The van der Waals surface area contributed by atoms with Crippen LogP contribution in [0.1, 0.15) is 44.7 Å². The fourth-order valence-corrected chi connectivity index (χ4v) is 4.45. The number of ether oxygens (including phenoxy) is 6. The van der Waals surface area contributed by atoms with Gasteiger partial charge in [-0.25, -0.2) is 0 Å². The molecule has 0 unspecified atom stereocenters. The lowest BCUT2D eigenvalue weighted by Crippen LogP contribution is -2.03. The predicted molar refractivity (Wildman–Crippen MR) is 179 cm³/mol. The Labute approximate surface area is 269 Å². The molecule has 4 aromatic rings. The smallest absolute Gasteiger partial charge is 0.185 e. The highest BCUT2D eigenvalue weighted by molar-refractivity contribution is 6.07. The maximum atomic E-state index is 12.6. The van der Waals surface area contributed by atoms with Gasteiger partial charge in [0, 0.05) is 34.4 Å². The van der Waals surface area contributed by atoms with Crippen LogP contribution < -0.4 is 28.4 Å². The van der Waals surface area contributed by atoms with Gasteiger partial charge < -0.3 is 28.4 Å². The van der Waals surface area contributed by atoms with Crippen LogP contribution in [0, 0.1) is 0 Å². The van der Waals surface area contributed by atoms with E-state index in [0.717, 1.165) is 24.0 Å². The Balaban J connectivity index is 1.16. The van der Waals surface area contributed by atoms with Crippen LogP contribution in [0.4, 0.5) is 0 Å². The van der Waals surface area contributed by atoms with E-state index in [1.54, 1.807) is 101 Å². The van der Waals surface area contributed by atoms with Crippen LogP contribution in [0.5, 0.6) is 34.5 Å². The van der Waals surface area contributed by atoms with E-state index in [2.05, 4.69) is 0 Å². The summed E-state index contributed by atoms with van der Waals surface area (Å²) in [5.41, 5.74) is 2.68. The molecule has 0 radical (unpaired) electrons. The van der Waals surface area contributed by atoms with E-state index < -0.39 is 0 Å². The van der Waals surface area contributed by atoms with Crippen LogP contribution in [0.25, 0.3) is 12.2 Å². The quantitative estimate of drug-likeness (QED) is 0.0671. The van der Waals surface area contributed by atoms with Crippen molar-refractivity contribution in [3.8, 4) is 34.5 Å². The molecule has 0 saturated carbocycles. The van der Waals surface area contributed by atoms with Crippen LogP contribution in [0.15, 0.2) is 97.1 Å². The van der Waals surface area contributed by atoms with Gasteiger partial charge in [-0.2, -0.15) is 0 Å². The van der Waals surface area contributed by atoms with Crippen molar-refractivity contribution in [3.63, 3.8) is 0 Å². The number of carbonyl (C=O) groups is 2. The molecule has 0 spiro atoms. The van der Waals surface area contributed by atoms with Gasteiger partial charge in [0.15, 0.2) is 11.6 Å². The molecule has 0 heterocycles. The van der Waals surface area contributed by atoms with E-state index in [-0.39, 0.29) is 11.6 Å². The minimum atomic E-state index is -0.121.